The van der Waals surface area contributed by atoms with Gasteiger partial charge in [0.05, 0.1) is 18.7 Å². The van der Waals surface area contributed by atoms with E-state index in [-0.39, 0.29) is 0 Å². The van der Waals surface area contributed by atoms with E-state index in [1.807, 2.05) is 6.20 Å². The van der Waals surface area contributed by atoms with E-state index >= 15 is 0 Å². The molecule has 4 nitrogen and oxygen atoms in total. The number of nitrogens with zero attached hydrogens (tertiary/aromatic N) is 3. The van der Waals surface area contributed by atoms with Crippen LogP contribution in [-0.4, -0.2) is 44.4 Å². The Kier molecular flexibility index (Phi) is 3.85. The Balaban J connectivity index is 1.72. The maximum Gasteiger partial charge on any atom is 0.0724 e. The van der Waals surface area contributed by atoms with Gasteiger partial charge in [0.15, 0.2) is 0 Å². The van der Waals surface area contributed by atoms with Crippen molar-refractivity contribution in [1.82, 2.24) is 4.98 Å². The summed E-state index contributed by atoms with van der Waals surface area (Å²) in [4.78, 5) is 9.49. The molecule has 2 saturated heterocycles. The van der Waals surface area contributed by atoms with E-state index in [0.717, 1.165) is 31.8 Å². The molecule has 4 heteroatoms. The third-order valence-electron chi connectivity index (χ3n) is 4.78. The van der Waals surface area contributed by atoms with Gasteiger partial charge in [0.2, 0.25) is 0 Å². The van der Waals surface area contributed by atoms with E-state index in [9.17, 15) is 0 Å². The van der Waals surface area contributed by atoms with Crippen molar-refractivity contribution in [2.75, 3.05) is 49.2 Å². The summed E-state index contributed by atoms with van der Waals surface area (Å²) in [6.45, 7) is 5.94. The van der Waals surface area contributed by atoms with Gasteiger partial charge >= 0.3 is 0 Å². The number of ether oxygens (including phenoxy) is 1. The molecular formula is C18H23N3O. The van der Waals surface area contributed by atoms with Crippen LogP contribution in [0.4, 0.5) is 11.4 Å². The van der Waals surface area contributed by atoms with Gasteiger partial charge in [-0.15, -0.1) is 0 Å². The Morgan fingerprint density at radius 3 is 2.50 bits per heavy atom. The molecule has 0 radical (unpaired) electrons. The molecule has 2 fully saturated rings. The van der Waals surface area contributed by atoms with Crippen LogP contribution in [-0.2, 0) is 4.74 Å². The highest BCUT2D eigenvalue weighted by atomic mass is 16.5. The molecule has 0 saturated carbocycles. The molecular weight excluding hydrogens is 274 g/mol. The number of hydrogen-bond acceptors (Lipinski definition) is 4. The number of pyridine rings is 1. The Morgan fingerprint density at radius 1 is 0.864 bits per heavy atom. The first kappa shape index (κ1) is 13.8. The minimum atomic E-state index is 0.823. The monoisotopic (exact) mass is 297 g/mol. The van der Waals surface area contributed by atoms with Crippen LogP contribution in [0.5, 0.6) is 0 Å². The Morgan fingerprint density at radius 2 is 1.68 bits per heavy atom. The zero-order chi connectivity index (χ0) is 14.8. The standard InChI is InChI=1S/C18H23N3O/c1-2-8-21(9-3-1)18-6-7-19-17-5-4-15(14-16(17)18)20-10-12-22-13-11-20/h4-7,14H,1-3,8-13H2. The van der Waals surface area contributed by atoms with Gasteiger partial charge in [-0.25, -0.2) is 0 Å². The zero-order valence-electron chi connectivity index (χ0n) is 13.0. The van der Waals surface area contributed by atoms with Crippen LogP contribution in [0, 0.1) is 0 Å². The molecule has 2 aromatic rings. The molecule has 1 aromatic heterocycles. The first-order chi connectivity index (χ1) is 10.9. The van der Waals surface area contributed by atoms with Gasteiger partial charge in [-0.3, -0.25) is 4.98 Å². The SMILES string of the molecule is c1cc(N2CCCCC2)c2cc(N3CCOCC3)ccc2n1. The number of fused-ring (bicyclic) bond motifs is 1. The predicted octanol–water partition coefficient (Wildman–Crippen LogP) is 3.06. The van der Waals surface area contributed by atoms with E-state index in [2.05, 4.69) is 39.0 Å². The summed E-state index contributed by atoms with van der Waals surface area (Å²) in [6.07, 6.45) is 5.90. The summed E-state index contributed by atoms with van der Waals surface area (Å²) < 4.78 is 5.47. The first-order valence-corrected chi connectivity index (χ1v) is 8.38. The summed E-state index contributed by atoms with van der Waals surface area (Å²) in [5.74, 6) is 0. The molecule has 3 heterocycles. The van der Waals surface area contributed by atoms with Gasteiger partial charge in [0.25, 0.3) is 0 Å². The second-order valence-corrected chi connectivity index (χ2v) is 6.18. The molecule has 0 atom stereocenters. The lowest BCUT2D eigenvalue weighted by molar-refractivity contribution is 0.122. The lowest BCUT2D eigenvalue weighted by atomic mass is 10.1. The van der Waals surface area contributed by atoms with Crippen molar-refractivity contribution >= 4 is 22.3 Å². The fourth-order valence-electron chi connectivity index (χ4n) is 3.55. The summed E-state index contributed by atoms with van der Waals surface area (Å²) in [5, 5.41) is 1.29. The van der Waals surface area contributed by atoms with Gasteiger partial charge in [-0.05, 0) is 43.5 Å². The van der Waals surface area contributed by atoms with E-state index in [0.29, 0.717) is 0 Å². The normalized spacial score (nSPS) is 19.6. The summed E-state index contributed by atoms with van der Waals surface area (Å²) in [6, 6.07) is 8.85. The molecule has 0 bridgehead atoms. The van der Waals surface area contributed by atoms with Crippen LogP contribution in [0.3, 0.4) is 0 Å². The first-order valence-electron chi connectivity index (χ1n) is 8.38. The Bertz CT molecular complexity index is 646. The van der Waals surface area contributed by atoms with Gasteiger partial charge in [-0.1, -0.05) is 0 Å². The molecule has 1 aromatic carbocycles. The van der Waals surface area contributed by atoms with E-state index in [1.54, 1.807) is 0 Å². The number of piperidine rings is 1. The van der Waals surface area contributed by atoms with Gasteiger partial charge < -0.3 is 14.5 Å². The van der Waals surface area contributed by atoms with Crippen LogP contribution in [0.2, 0.25) is 0 Å². The third-order valence-corrected chi connectivity index (χ3v) is 4.78. The molecule has 0 unspecified atom stereocenters. The van der Waals surface area contributed by atoms with Gasteiger partial charge in [-0.2, -0.15) is 0 Å². The van der Waals surface area contributed by atoms with E-state index in [4.69, 9.17) is 4.74 Å². The molecule has 0 amide bonds. The van der Waals surface area contributed by atoms with E-state index < -0.39 is 0 Å². The van der Waals surface area contributed by atoms with Crippen LogP contribution in [0.25, 0.3) is 10.9 Å². The highest BCUT2D eigenvalue weighted by Crippen LogP contribution is 2.31. The number of rotatable bonds is 2. The quantitative estimate of drug-likeness (QED) is 0.852. The summed E-state index contributed by atoms with van der Waals surface area (Å²) in [7, 11) is 0. The Hall–Kier alpha value is -1.81. The van der Waals surface area contributed by atoms with Crippen LogP contribution in [0.15, 0.2) is 30.5 Å². The van der Waals surface area contributed by atoms with Crippen molar-refractivity contribution in [2.24, 2.45) is 0 Å². The van der Waals surface area contributed by atoms with Crippen molar-refractivity contribution in [3.05, 3.63) is 30.5 Å². The minimum Gasteiger partial charge on any atom is -0.378 e. The van der Waals surface area contributed by atoms with Crippen molar-refractivity contribution < 1.29 is 4.74 Å². The van der Waals surface area contributed by atoms with Gasteiger partial charge in [0.1, 0.15) is 0 Å². The molecule has 0 N–H and O–H groups in total. The topological polar surface area (TPSA) is 28.6 Å². The molecule has 116 valence electrons. The maximum absolute atomic E-state index is 5.47. The molecule has 22 heavy (non-hydrogen) atoms. The number of benzene rings is 1. The van der Waals surface area contributed by atoms with Crippen molar-refractivity contribution in [3.63, 3.8) is 0 Å². The Labute approximate surface area is 131 Å². The lowest BCUT2D eigenvalue weighted by Gasteiger charge is -2.31. The lowest BCUT2D eigenvalue weighted by Crippen LogP contribution is -2.36. The van der Waals surface area contributed by atoms with Gasteiger partial charge in [0, 0.05) is 49.1 Å². The number of hydrogen-bond donors (Lipinski definition) is 0. The second-order valence-electron chi connectivity index (χ2n) is 6.18. The number of anilines is 2. The number of morpholine rings is 1. The smallest absolute Gasteiger partial charge is 0.0724 e. The highest BCUT2D eigenvalue weighted by molar-refractivity contribution is 5.94. The van der Waals surface area contributed by atoms with Crippen LogP contribution < -0.4 is 9.80 Å². The van der Waals surface area contributed by atoms with Crippen LogP contribution in [0.1, 0.15) is 19.3 Å². The second kappa shape index (κ2) is 6.13. The summed E-state index contributed by atoms with van der Waals surface area (Å²) >= 11 is 0. The zero-order valence-corrected chi connectivity index (χ0v) is 13.0. The fraction of sp³-hybridized carbons (Fsp3) is 0.500. The predicted molar refractivity (Wildman–Crippen MR) is 90.8 cm³/mol. The maximum atomic E-state index is 5.47. The fourth-order valence-corrected chi connectivity index (χ4v) is 3.55. The average molecular weight is 297 g/mol. The molecule has 4 rings (SSSR count). The number of aromatic nitrogens is 1. The molecule has 0 aliphatic carbocycles. The molecule has 2 aliphatic rings. The van der Waals surface area contributed by atoms with E-state index in [1.165, 1.54) is 49.1 Å². The largest absolute Gasteiger partial charge is 0.378 e. The van der Waals surface area contributed by atoms with Crippen molar-refractivity contribution in [3.8, 4) is 0 Å². The highest BCUT2D eigenvalue weighted by Gasteiger charge is 2.16. The third kappa shape index (κ3) is 2.63. The average Bonchev–Trinajstić information content (AvgIpc) is 2.62. The van der Waals surface area contributed by atoms with Crippen molar-refractivity contribution in [2.45, 2.75) is 19.3 Å². The minimum absolute atomic E-state index is 0.823. The van der Waals surface area contributed by atoms with Crippen LogP contribution >= 0.6 is 0 Å². The molecule has 0 spiro atoms. The van der Waals surface area contributed by atoms with Crippen molar-refractivity contribution in [1.29, 1.82) is 0 Å². The molecule has 2 aliphatic heterocycles. The summed E-state index contributed by atoms with van der Waals surface area (Å²) in [5.41, 5.74) is 3.74.